The molecular formula is C8H13O2. The molecule has 0 atom stereocenters. The standard InChI is InChI=1S/C8H13O2/c1-10-8(9)6-7-4-2-3-5-7/h7H,1-6H2. The molecule has 1 aliphatic rings. The van der Waals surface area contributed by atoms with Crippen LogP contribution in [0.25, 0.3) is 0 Å². The average Bonchev–Trinajstić information content (AvgIpc) is 2.40. The van der Waals surface area contributed by atoms with Crippen LogP contribution in [0.15, 0.2) is 0 Å². The highest BCUT2D eigenvalue weighted by atomic mass is 16.5. The van der Waals surface area contributed by atoms with Gasteiger partial charge in [0.15, 0.2) is 0 Å². The van der Waals surface area contributed by atoms with Crippen LogP contribution in [0.5, 0.6) is 0 Å². The van der Waals surface area contributed by atoms with Gasteiger partial charge in [-0.15, -0.1) is 0 Å². The van der Waals surface area contributed by atoms with Crippen molar-refractivity contribution in [3.63, 3.8) is 0 Å². The number of hydrogen-bond donors (Lipinski definition) is 0. The first-order valence-corrected chi connectivity index (χ1v) is 3.78. The number of rotatable bonds is 2. The fraction of sp³-hybridized carbons (Fsp3) is 0.750. The molecule has 0 unspecified atom stereocenters. The molecule has 1 fully saturated rings. The van der Waals surface area contributed by atoms with Crippen molar-refractivity contribution in [2.24, 2.45) is 5.92 Å². The van der Waals surface area contributed by atoms with Gasteiger partial charge in [-0.3, -0.25) is 4.79 Å². The van der Waals surface area contributed by atoms with Gasteiger partial charge in [-0.1, -0.05) is 12.8 Å². The van der Waals surface area contributed by atoms with Crippen LogP contribution in [0.1, 0.15) is 32.1 Å². The predicted molar refractivity (Wildman–Crippen MR) is 38.0 cm³/mol. The van der Waals surface area contributed by atoms with E-state index in [-0.39, 0.29) is 5.97 Å². The summed E-state index contributed by atoms with van der Waals surface area (Å²) in [5.74, 6) is 0.418. The van der Waals surface area contributed by atoms with Gasteiger partial charge in [0, 0.05) is 6.42 Å². The number of carbonyl (C=O) groups is 1. The van der Waals surface area contributed by atoms with Crippen molar-refractivity contribution >= 4 is 5.97 Å². The molecule has 0 spiro atoms. The molecule has 0 saturated heterocycles. The highest BCUT2D eigenvalue weighted by Crippen LogP contribution is 2.27. The van der Waals surface area contributed by atoms with Gasteiger partial charge in [0.2, 0.25) is 0 Å². The molecule has 10 heavy (non-hydrogen) atoms. The van der Waals surface area contributed by atoms with Gasteiger partial charge in [0.1, 0.15) is 7.11 Å². The van der Waals surface area contributed by atoms with Crippen LogP contribution in [0, 0.1) is 13.0 Å². The highest BCUT2D eigenvalue weighted by molar-refractivity contribution is 5.69. The Morgan fingerprint density at radius 3 is 2.60 bits per heavy atom. The van der Waals surface area contributed by atoms with Gasteiger partial charge in [-0.05, 0) is 18.8 Å². The van der Waals surface area contributed by atoms with E-state index in [9.17, 15) is 4.79 Å². The molecule has 2 heteroatoms. The molecule has 0 aromatic heterocycles. The molecule has 0 aromatic carbocycles. The van der Waals surface area contributed by atoms with Gasteiger partial charge in [0.25, 0.3) is 0 Å². The Morgan fingerprint density at radius 1 is 1.50 bits per heavy atom. The topological polar surface area (TPSA) is 26.3 Å². The Labute approximate surface area is 61.6 Å². The first-order valence-electron chi connectivity index (χ1n) is 3.78. The Morgan fingerprint density at radius 2 is 2.10 bits per heavy atom. The van der Waals surface area contributed by atoms with E-state index in [1.807, 2.05) is 0 Å². The Hall–Kier alpha value is -0.530. The summed E-state index contributed by atoms with van der Waals surface area (Å²) >= 11 is 0. The summed E-state index contributed by atoms with van der Waals surface area (Å²) in [6, 6.07) is 0. The Balaban J connectivity index is 2.17. The number of esters is 1. The van der Waals surface area contributed by atoms with E-state index in [0.717, 1.165) is 0 Å². The minimum absolute atomic E-state index is 0.160. The number of ether oxygens (including phenoxy) is 1. The molecule has 0 bridgehead atoms. The molecule has 1 saturated carbocycles. The summed E-state index contributed by atoms with van der Waals surface area (Å²) < 4.78 is 4.32. The van der Waals surface area contributed by atoms with Crippen LogP contribution >= 0.6 is 0 Å². The minimum atomic E-state index is -0.160. The number of carbonyl (C=O) groups excluding carboxylic acids is 1. The summed E-state index contributed by atoms with van der Waals surface area (Å²) in [7, 11) is 3.08. The van der Waals surface area contributed by atoms with E-state index < -0.39 is 0 Å². The van der Waals surface area contributed by atoms with Gasteiger partial charge in [0.05, 0.1) is 0 Å². The maximum atomic E-state index is 10.7. The zero-order valence-electron chi connectivity index (χ0n) is 6.14. The predicted octanol–water partition coefficient (Wildman–Crippen LogP) is 1.90. The quantitative estimate of drug-likeness (QED) is 0.549. The zero-order valence-corrected chi connectivity index (χ0v) is 6.14. The fourth-order valence-corrected chi connectivity index (χ4v) is 1.51. The summed E-state index contributed by atoms with van der Waals surface area (Å²) in [5.41, 5.74) is 0. The molecule has 0 N–H and O–H groups in total. The van der Waals surface area contributed by atoms with Crippen molar-refractivity contribution in [1.29, 1.82) is 0 Å². The summed E-state index contributed by atoms with van der Waals surface area (Å²) in [6.45, 7) is 0. The van der Waals surface area contributed by atoms with Gasteiger partial charge < -0.3 is 4.74 Å². The first-order chi connectivity index (χ1) is 4.83. The van der Waals surface area contributed by atoms with Crippen molar-refractivity contribution in [1.82, 2.24) is 0 Å². The molecule has 1 rings (SSSR count). The normalized spacial score (nSPS) is 19.3. The van der Waals surface area contributed by atoms with Crippen molar-refractivity contribution in [3.05, 3.63) is 7.11 Å². The average molecular weight is 141 g/mol. The molecule has 0 heterocycles. The second-order valence-electron chi connectivity index (χ2n) is 2.87. The summed E-state index contributed by atoms with van der Waals surface area (Å²) in [6.07, 6.45) is 5.50. The lowest BCUT2D eigenvalue weighted by Gasteiger charge is -2.04. The van der Waals surface area contributed by atoms with Crippen LogP contribution in [0.4, 0.5) is 0 Å². The lowest BCUT2D eigenvalue weighted by atomic mass is 10.1. The molecule has 57 valence electrons. The number of hydrogen-bond acceptors (Lipinski definition) is 2. The minimum Gasteiger partial charge on any atom is -0.462 e. The SMILES string of the molecule is [CH2]OC(=O)CC1CCCC1. The van der Waals surface area contributed by atoms with Crippen molar-refractivity contribution in [2.75, 3.05) is 0 Å². The summed E-state index contributed by atoms with van der Waals surface area (Å²) in [4.78, 5) is 10.7. The van der Waals surface area contributed by atoms with Crippen LogP contribution in [0.2, 0.25) is 0 Å². The lowest BCUT2D eigenvalue weighted by molar-refractivity contribution is -0.139. The van der Waals surface area contributed by atoms with Crippen molar-refractivity contribution in [3.8, 4) is 0 Å². The fourth-order valence-electron chi connectivity index (χ4n) is 1.51. The third-order valence-corrected chi connectivity index (χ3v) is 2.09. The Kier molecular flexibility index (Phi) is 2.72. The van der Waals surface area contributed by atoms with Gasteiger partial charge in [-0.2, -0.15) is 0 Å². The third-order valence-electron chi connectivity index (χ3n) is 2.09. The molecule has 2 nitrogen and oxygen atoms in total. The van der Waals surface area contributed by atoms with Gasteiger partial charge in [-0.25, -0.2) is 0 Å². The molecule has 0 aliphatic heterocycles. The van der Waals surface area contributed by atoms with E-state index in [1.165, 1.54) is 25.7 Å². The monoisotopic (exact) mass is 141 g/mol. The Bertz CT molecular complexity index is 114. The largest absolute Gasteiger partial charge is 0.462 e. The second-order valence-corrected chi connectivity index (χ2v) is 2.87. The third kappa shape index (κ3) is 2.01. The van der Waals surface area contributed by atoms with Crippen LogP contribution in [0.3, 0.4) is 0 Å². The second kappa shape index (κ2) is 3.59. The first kappa shape index (κ1) is 7.58. The molecule has 0 amide bonds. The maximum Gasteiger partial charge on any atom is 0.306 e. The smallest absolute Gasteiger partial charge is 0.306 e. The van der Waals surface area contributed by atoms with Crippen molar-refractivity contribution in [2.45, 2.75) is 32.1 Å². The van der Waals surface area contributed by atoms with Crippen LogP contribution < -0.4 is 0 Å². The highest BCUT2D eigenvalue weighted by Gasteiger charge is 2.18. The summed E-state index contributed by atoms with van der Waals surface area (Å²) in [5, 5.41) is 0. The van der Waals surface area contributed by atoms with Crippen molar-refractivity contribution < 1.29 is 9.53 Å². The molecule has 1 aliphatic carbocycles. The van der Waals surface area contributed by atoms with Gasteiger partial charge >= 0.3 is 5.97 Å². The van der Waals surface area contributed by atoms with E-state index in [1.54, 1.807) is 0 Å². The maximum absolute atomic E-state index is 10.7. The van der Waals surface area contributed by atoms with Crippen LogP contribution in [-0.4, -0.2) is 5.97 Å². The zero-order chi connectivity index (χ0) is 7.40. The van der Waals surface area contributed by atoms with Crippen LogP contribution in [-0.2, 0) is 9.53 Å². The lowest BCUT2D eigenvalue weighted by Crippen LogP contribution is -2.05. The van der Waals surface area contributed by atoms with E-state index >= 15 is 0 Å². The molecule has 0 aromatic rings. The van der Waals surface area contributed by atoms with E-state index in [2.05, 4.69) is 11.8 Å². The van der Waals surface area contributed by atoms with E-state index in [4.69, 9.17) is 0 Å². The molecular weight excluding hydrogens is 128 g/mol. The molecule has 1 radical (unpaired) electrons. The van der Waals surface area contributed by atoms with E-state index in [0.29, 0.717) is 12.3 Å².